The lowest BCUT2D eigenvalue weighted by atomic mass is 9.86. The van der Waals surface area contributed by atoms with Gasteiger partial charge in [-0.05, 0) is 35.5 Å². The highest BCUT2D eigenvalue weighted by Crippen LogP contribution is 2.23. The molecule has 0 saturated heterocycles. The highest BCUT2D eigenvalue weighted by atomic mass is 16.2. The van der Waals surface area contributed by atoms with Crippen LogP contribution >= 0.6 is 0 Å². The zero-order valence-electron chi connectivity index (χ0n) is 15.3. The van der Waals surface area contributed by atoms with Gasteiger partial charge in [0.1, 0.15) is 6.54 Å². The molecule has 6 heteroatoms. The van der Waals surface area contributed by atoms with Crippen molar-refractivity contribution in [3.63, 3.8) is 0 Å². The van der Waals surface area contributed by atoms with Gasteiger partial charge in [-0.2, -0.15) is 4.80 Å². The number of hydrogen-bond donors (Lipinski definition) is 1. The van der Waals surface area contributed by atoms with E-state index < -0.39 is 0 Å². The fraction of sp³-hybridized carbons (Fsp3) is 0.579. The Morgan fingerprint density at radius 3 is 2.64 bits per heavy atom. The van der Waals surface area contributed by atoms with Crippen LogP contribution in [-0.4, -0.2) is 32.2 Å². The van der Waals surface area contributed by atoms with Crippen LogP contribution in [0, 0.1) is 5.92 Å². The number of carbonyl (C=O) groups excluding carboxylic acids is 1. The lowest BCUT2D eigenvalue weighted by Crippen LogP contribution is -2.42. The van der Waals surface area contributed by atoms with Gasteiger partial charge >= 0.3 is 0 Å². The maximum Gasteiger partial charge on any atom is 0.243 e. The molecule has 0 spiro atoms. The normalized spacial score (nSPS) is 20.6. The highest BCUT2D eigenvalue weighted by molar-refractivity contribution is 5.75. The van der Waals surface area contributed by atoms with E-state index in [4.69, 9.17) is 0 Å². The van der Waals surface area contributed by atoms with E-state index in [1.165, 1.54) is 29.6 Å². The van der Waals surface area contributed by atoms with E-state index in [2.05, 4.69) is 53.6 Å². The topological polar surface area (TPSA) is 72.7 Å². The summed E-state index contributed by atoms with van der Waals surface area (Å²) in [6.45, 7) is 6.64. The molecule has 0 bridgehead atoms. The Labute approximate surface area is 149 Å². The summed E-state index contributed by atoms with van der Waals surface area (Å²) in [5.74, 6) is 1.53. The van der Waals surface area contributed by atoms with Crippen LogP contribution in [0.15, 0.2) is 24.3 Å². The molecule has 2 aromatic rings. The number of tetrazole rings is 1. The van der Waals surface area contributed by atoms with Gasteiger partial charge in [-0.15, -0.1) is 10.2 Å². The van der Waals surface area contributed by atoms with Crippen molar-refractivity contribution in [3.8, 4) is 11.4 Å². The quantitative estimate of drug-likeness (QED) is 0.907. The molecule has 1 saturated carbocycles. The van der Waals surface area contributed by atoms with Gasteiger partial charge in [0.15, 0.2) is 0 Å². The molecule has 1 N–H and O–H groups in total. The largest absolute Gasteiger partial charge is 0.351 e. The van der Waals surface area contributed by atoms with Gasteiger partial charge in [-0.25, -0.2) is 0 Å². The predicted octanol–water partition coefficient (Wildman–Crippen LogP) is 3.16. The number of nitrogens with one attached hydrogen (secondary N) is 1. The molecule has 0 aliphatic heterocycles. The van der Waals surface area contributed by atoms with Crippen LogP contribution in [0.3, 0.4) is 0 Å². The predicted molar refractivity (Wildman–Crippen MR) is 96.9 cm³/mol. The first kappa shape index (κ1) is 17.6. The third-order valence-corrected chi connectivity index (χ3v) is 5.03. The average Bonchev–Trinajstić information content (AvgIpc) is 3.05. The third-order valence-electron chi connectivity index (χ3n) is 5.03. The Morgan fingerprint density at radius 2 is 1.96 bits per heavy atom. The van der Waals surface area contributed by atoms with E-state index in [9.17, 15) is 4.79 Å². The van der Waals surface area contributed by atoms with E-state index in [0.29, 0.717) is 17.7 Å². The zero-order chi connectivity index (χ0) is 17.8. The second kappa shape index (κ2) is 7.76. The number of amides is 1. The summed E-state index contributed by atoms with van der Waals surface area (Å²) in [5.41, 5.74) is 2.19. The molecular formula is C19H27N5O. The molecule has 1 aromatic heterocycles. The van der Waals surface area contributed by atoms with E-state index in [1.807, 2.05) is 12.1 Å². The average molecular weight is 341 g/mol. The van der Waals surface area contributed by atoms with Crippen LogP contribution in [0.2, 0.25) is 0 Å². The summed E-state index contributed by atoms with van der Waals surface area (Å²) in [4.78, 5) is 13.6. The SMILES string of the molecule is CC(C)c1ccc(-c2nnn(CC(=O)NC3CCCCC3C)n2)cc1. The summed E-state index contributed by atoms with van der Waals surface area (Å²) in [5, 5.41) is 15.6. The van der Waals surface area contributed by atoms with Crippen molar-refractivity contribution in [1.29, 1.82) is 0 Å². The summed E-state index contributed by atoms with van der Waals surface area (Å²) in [6.07, 6.45) is 4.69. The van der Waals surface area contributed by atoms with Gasteiger partial charge < -0.3 is 5.32 Å². The smallest absolute Gasteiger partial charge is 0.243 e. The molecule has 3 rings (SSSR count). The summed E-state index contributed by atoms with van der Waals surface area (Å²) >= 11 is 0. The summed E-state index contributed by atoms with van der Waals surface area (Å²) < 4.78 is 0. The standard InChI is InChI=1S/C19H27N5O/c1-13(2)15-8-10-16(11-9-15)19-21-23-24(22-19)12-18(25)20-17-7-5-4-6-14(17)3/h8-11,13-14,17H,4-7,12H2,1-3H3,(H,20,25). The second-order valence-corrected chi connectivity index (χ2v) is 7.36. The number of carbonyl (C=O) groups is 1. The maximum atomic E-state index is 12.3. The Bertz CT molecular complexity index is 707. The van der Waals surface area contributed by atoms with Gasteiger partial charge in [-0.3, -0.25) is 4.79 Å². The van der Waals surface area contributed by atoms with E-state index >= 15 is 0 Å². The zero-order valence-corrected chi connectivity index (χ0v) is 15.3. The second-order valence-electron chi connectivity index (χ2n) is 7.36. The minimum absolute atomic E-state index is 0.0437. The molecule has 25 heavy (non-hydrogen) atoms. The number of nitrogens with zero attached hydrogens (tertiary/aromatic N) is 4. The fourth-order valence-electron chi connectivity index (χ4n) is 3.35. The number of benzene rings is 1. The van der Waals surface area contributed by atoms with Crippen molar-refractivity contribution in [2.75, 3.05) is 0 Å². The van der Waals surface area contributed by atoms with Crippen LogP contribution in [0.25, 0.3) is 11.4 Å². The molecule has 2 atom stereocenters. The first-order valence-electron chi connectivity index (χ1n) is 9.20. The van der Waals surface area contributed by atoms with Gasteiger partial charge in [-0.1, -0.05) is 57.9 Å². The lowest BCUT2D eigenvalue weighted by Gasteiger charge is -2.29. The number of hydrogen-bond acceptors (Lipinski definition) is 4. The van der Waals surface area contributed by atoms with Crippen LogP contribution in [-0.2, 0) is 11.3 Å². The van der Waals surface area contributed by atoms with Gasteiger partial charge in [0.25, 0.3) is 0 Å². The van der Waals surface area contributed by atoms with E-state index in [-0.39, 0.29) is 18.5 Å². The molecular weight excluding hydrogens is 314 g/mol. The van der Waals surface area contributed by atoms with Crippen molar-refractivity contribution >= 4 is 5.91 Å². The molecule has 134 valence electrons. The molecule has 1 heterocycles. The first-order chi connectivity index (χ1) is 12.0. The van der Waals surface area contributed by atoms with Crippen molar-refractivity contribution in [2.45, 2.75) is 65.0 Å². The molecule has 0 radical (unpaired) electrons. The number of aromatic nitrogens is 4. The Balaban J connectivity index is 1.60. The van der Waals surface area contributed by atoms with Crippen LogP contribution in [0.5, 0.6) is 0 Å². The first-order valence-corrected chi connectivity index (χ1v) is 9.20. The number of rotatable bonds is 5. The molecule has 2 unspecified atom stereocenters. The van der Waals surface area contributed by atoms with Crippen molar-refractivity contribution < 1.29 is 4.79 Å². The Kier molecular flexibility index (Phi) is 5.46. The third kappa shape index (κ3) is 4.44. The molecule has 6 nitrogen and oxygen atoms in total. The highest BCUT2D eigenvalue weighted by Gasteiger charge is 2.23. The fourth-order valence-corrected chi connectivity index (χ4v) is 3.35. The molecule has 1 aliphatic rings. The van der Waals surface area contributed by atoms with Crippen LogP contribution < -0.4 is 5.32 Å². The Morgan fingerprint density at radius 1 is 1.24 bits per heavy atom. The van der Waals surface area contributed by atoms with Crippen molar-refractivity contribution in [2.24, 2.45) is 5.92 Å². The van der Waals surface area contributed by atoms with Crippen LogP contribution in [0.1, 0.15) is 57.9 Å². The van der Waals surface area contributed by atoms with Crippen LogP contribution in [0.4, 0.5) is 0 Å². The summed E-state index contributed by atoms with van der Waals surface area (Å²) in [7, 11) is 0. The minimum atomic E-state index is -0.0437. The molecule has 1 amide bonds. The van der Waals surface area contributed by atoms with Gasteiger partial charge in [0, 0.05) is 11.6 Å². The summed E-state index contributed by atoms with van der Waals surface area (Å²) in [6, 6.07) is 8.43. The maximum absolute atomic E-state index is 12.3. The monoisotopic (exact) mass is 341 g/mol. The van der Waals surface area contributed by atoms with Crippen molar-refractivity contribution in [1.82, 2.24) is 25.5 Å². The molecule has 1 fully saturated rings. The van der Waals surface area contributed by atoms with E-state index in [0.717, 1.165) is 12.0 Å². The Hall–Kier alpha value is -2.24. The van der Waals surface area contributed by atoms with Gasteiger partial charge in [0.05, 0.1) is 0 Å². The minimum Gasteiger partial charge on any atom is -0.351 e. The van der Waals surface area contributed by atoms with E-state index in [1.54, 1.807) is 0 Å². The molecule has 1 aliphatic carbocycles. The van der Waals surface area contributed by atoms with Gasteiger partial charge in [0.2, 0.25) is 11.7 Å². The molecule has 1 aromatic carbocycles. The lowest BCUT2D eigenvalue weighted by molar-refractivity contribution is -0.123. The van der Waals surface area contributed by atoms with Crippen molar-refractivity contribution in [3.05, 3.63) is 29.8 Å².